The van der Waals surface area contributed by atoms with Crippen molar-refractivity contribution in [2.45, 2.75) is 5.37 Å². The van der Waals surface area contributed by atoms with Gasteiger partial charge in [-0.1, -0.05) is 30.3 Å². The zero-order chi connectivity index (χ0) is 11.7. The Kier molecular flexibility index (Phi) is 2.56. The molecule has 1 saturated heterocycles. The Hall–Kier alpha value is -1.82. The molecular weight excluding hydrogens is 236 g/mol. The van der Waals surface area contributed by atoms with Gasteiger partial charge in [0, 0.05) is 0 Å². The number of hydrogen-bond donors (Lipinski definition) is 1. The number of benzene rings is 1. The Balaban J connectivity index is 1.98. The molecule has 1 aliphatic heterocycles. The molecular formula is C11H10N4OS. The molecule has 1 aromatic carbocycles. The van der Waals surface area contributed by atoms with E-state index >= 15 is 0 Å². The molecule has 0 unspecified atom stereocenters. The molecule has 1 aromatic heterocycles. The zero-order valence-corrected chi connectivity index (χ0v) is 9.72. The van der Waals surface area contributed by atoms with Crippen molar-refractivity contribution in [2.24, 2.45) is 0 Å². The number of hydrogen-bond acceptors (Lipinski definition) is 4. The molecule has 0 saturated carbocycles. The van der Waals surface area contributed by atoms with E-state index in [0.29, 0.717) is 11.7 Å². The Labute approximate surface area is 102 Å². The topological polar surface area (TPSA) is 61.9 Å². The Morgan fingerprint density at radius 3 is 2.88 bits per heavy atom. The smallest absolute Gasteiger partial charge is 0.240 e. The average Bonchev–Trinajstić information content (AvgIpc) is 2.99. The minimum atomic E-state index is -0.0170. The fourth-order valence-corrected chi connectivity index (χ4v) is 2.99. The van der Waals surface area contributed by atoms with Gasteiger partial charge in [-0.3, -0.25) is 9.69 Å². The molecule has 0 bridgehead atoms. The zero-order valence-electron chi connectivity index (χ0n) is 8.91. The van der Waals surface area contributed by atoms with Crippen molar-refractivity contribution in [1.29, 1.82) is 0 Å². The minimum absolute atomic E-state index is 0.0170. The SMILES string of the molecule is O=C1CS[C@@H](c2ccccc2)N1c1ncn[nH]1. The van der Waals surface area contributed by atoms with E-state index in [2.05, 4.69) is 15.2 Å². The first-order chi connectivity index (χ1) is 8.36. The molecule has 6 heteroatoms. The Bertz CT molecular complexity index is 514. The molecule has 0 aliphatic carbocycles. The summed E-state index contributed by atoms with van der Waals surface area (Å²) in [5, 5.41) is 6.51. The number of carbonyl (C=O) groups excluding carboxylic acids is 1. The van der Waals surface area contributed by atoms with Gasteiger partial charge in [0.25, 0.3) is 0 Å². The lowest BCUT2D eigenvalue weighted by Crippen LogP contribution is -2.28. The lowest BCUT2D eigenvalue weighted by atomic mass is 10.2. The van der Waals surface area contributed by atoms with Crippen LogP contribution in [0.3, 0.4) is 0 Å². The maximum absolute atomic E-state index is 11.9. The highest BCUT2D eigenvalue weighted by atomic mass is 32.2. The summed E-state index contributed by atoms with van der Waals surface area (Å²) in [6, 6.07) is 9.93. The van der Waals surface area contributed by atoms with Crippen LogP contribution < -0.4 is 4.90 Å². The third-order valence-corrected chi connectivity index (χ3v) is 3.80. The minimum Gasteiger partial charge on any atom is -0.273 e. The van der Waals surface area contributed by atoms with E-state index in [1.54, 1.807) is 16.7 Å². The van der Waals surface area contributed by atoms with Gasteiger partial charge in [0.1, 0.15) is 11.7 Å². The van der Waals surface area contributed by atoms with Crippen LogP contribution >= 0.6 is 11.8 Å². The third-order valence-electron chi connectivity index (χ3n) is 2.58. The quantitative estimate of drug-likeness (QED) is 0.874. The lowest BCUT2D eigenvalue weighted by Gasteiger charge is -2.20. The molecule has 1 atom stereocenters. The van der Waals surface area contributed by atoms with Gasteiger partial charge in [-0.25, -0.2) is 5.10 Å². The molecule has 17 heavy (non-hydrogen) atoms. The highest BCUT2D eigenvalue weighted by molar-refractivity contribution is 8.00. The van der Waals surface area contributed by atoms with Gasteiger partial charge in [-0.05, 0) is 5.56 Å². The highest BCUT2D eigenvalue weighted by Crippen LogP contribution is 2.39. The molecule has 3 rings (SSSR count). The van der Waals surface area contributed by atoms with E-state index < -0.39 is 0 Å². The second kappa shape index (κ2) is 4.21. The van der Waals surface area contributed by atoms with Gasteiger partial charge in [0.15, 0.2) is 0 Å². The second-order valence-corrected chi connectivity index (χ2v) is 4.72. The Morgan fingerprint density at radius 2 is 2.18 bits per heavy atom. The summed E-state index contributed by atoms with van der Waals surface area (Å²) in [7, 11) is 0. The van der Waals surface area contributed by atoms with Crippen molar-refractivity contribution in [3.05, 3.63) is 42.2 Å². The number of nitrogens with one attached hydrogen (secondary N) is 1. The first-order valence-corrected chi connectivity index (χ1v) is 6.25. The van der Waals surface area contributed by atoms with Gasteiger partial charge >= 0.3 is 0 Å². The van der Waals surface area contributed by atoms with Crippen LogP contribution in [0.2, 0.25) is 0 Å². The van der Waals surface area contributed by atoms with Crippen LogP contribution in [0.25, 0.3) is 0 Å². The van der Waals surface area contributed by atoms with Crippen LogP contribution in [0.1, 0.15) is 10.9 Å². The molecule has 0 radical (unpaired) electrons. The number of carbonyl (C=O) groups is 1. The number of aromatic nitrogens is 3. The monoisotopic (exact) mass is 246 g/mol. The molecule has 5 nitrogen and oxygen atoms in total. The number of nitrogens with zero attached hydrogens (tertiary/aromatic N) is 3. The molecule has 86 valence electrons. The largest absolute Gasteiger partial charge is 0.273 e. The molecule has 0 spiro atoms. The molecule has 1 amide bonds. The summed E-state index contributed by atoms with van der Waals surface area (Å²) in [5.41, 5.74) is 1.10. The first kappa shape index (κ1) is 10.3. The number of amides is 1. The summed E-state index contributed by atoms with van der Waals surface area (Å²) in [6.45, 7) is 0. The van der Waals surface area contributed by atoms with Crippen LogP contribution in [0.15, 0.2) is 36.7 Å². The first-order valence-electron chi connectivity index (χ1n) is 5.20. The van der Waals surface area contributed by atoms with Crippen LogP contribution in [-0.2, 0) is 4.79 Å². The molecule has 2 aromatic rings. The summed E-state index contributed by atoms with van der Waals surface area (Å²) >= 11 is 1.60. The van der Waals surface area contributed by atoms with Crippen molar-refractivity contribution in [3.63, 3.8) is 0 Å². The molecule has 1 N–H and O–H groups in total. The number of thioether (sulfide) groups is 1. The van der Waals surface area contributed by atoms with E-state index in [1.165, 1.54) is 6.33 Å². The predicted molar refractivity (Wildman–Crippen MR) is 65.5 cm³/mol. The van der Waals surface area contributed by atoms with Gasteiger partial charge in [-0.15, -0.1) is 11.8 Å². The fourth-order valence-electron chi connectivity index (χ4n) is 1.83. The van der Waals surface area contributed by atoms with Gasteiger partial charge in [0.2, 0.25) is 11.9 Å². The van der Waals surface area contributed by atoms with Crippen LogP contribution in [0.4, 0.5) is 5.95 Å². The van der Waals surface area contributed by atoms with Crippen molar-refractivity contribution < 1.29 is 4.79 Å². The van der Waals surface area contributed by atoms with Gasteiger partial charge < -0.3 is 0 Å². The fraction of sp³-hybridized carbons (Fsp3) is 0.182. The van der Waals surface area contributed by atoms with Gasteiger partial charge in [0.05, 0.1) is 5.75 Å². The van der Waals surface area contributed by atoms with Crippen LogP contribution in [-0.4, -0.2) is 26.8 Å². The average molecular weight is 246 g/mol. The van der Waals surface area contributed by atoms with Crippen molar-refractivity contribution >= 4 is 23.6 Å². The van der Waals surface area contributed by atoms with Crippen LogP contribution in [0.5, 0.6) is 0 Å². The summed E-state index contributed by atoms with van der Waals surface area (Å²) < 4.78 is 0. The van der Waals surface area contributed by atoms with Crippen LogP contribution in [0, 0.1) is 0 Å². The maximum atomic E-state index is 11.9. The van der Waals surface area contributed by atoms with Crippen molar-refractivity contribution in [2.75, 3.05) is 10.7 Å². The van der Waals surface area contributed by atoms with E-state index in [1.807, 2.05) is 30.3 Å². The van der Waals surface area contributed by atoms with E-state index in [9.17, 15) is 4.79 Å². The predicted octanol–water partition coefficient (Wildman–Crippen LogP) is 1.58. The number of rotatable bonds is 2. The molecule has 1 aliphatic rings. The summed E-state index contributed by atoms with van der Waals surface area (Å²) in [4.78, 5) is 17.6. The molecule has 1 fully saturated rings. The van der Waals surface area contributed by atoms with Gasteiger partial charge in [-0.2, -0.15) is 10.1 Å². The van der Waals surface area contributed by atoms with Crippen molar-refractivity contribution in [1.82, 2.24) is 15.2 Å². The van der Waals surface area contributed by atoms with E-state index in [0.717, 1.165) is 5.56 Å². The third kappa shape index (κ3) is 1.80. The number of anilines is 1. The van der Waals surface area contributed by atoms with E-state index in [-0.39, 0.29) is 11.3 Å². The standard InChI is InChI=1S/C11H10N4OS/c16-9-6-17-10(8-4-2-1-3-5-8)15(9)11-12-7-13-14-11/h1-5,7,10H,6H2,(H,12,13,14)/t10-/m0/s1. The molecule has 2 heterocycles. The van der Waals surface area contributed by atoms with Crippen molar-refractivity contribution in [3.8, 4) is 0 Å². The number of aromatic amines is 1. The maximum Gasteiger partial charge on any atom is 0.240 e. The second-order valence-electron chi connectivity index (χ2n) is 3.65. The normalized spacial score (nSPS) is 19.9. The lowest BCUT2D eigenvalue weighted by molar-refractivity contribution is -0.115. The van der Waals surface area contributed by atoms with E-state index in [4.69, 9.17) is 0 Å². The number of H-pyrrole nitrogens is 1. The summed E-state index contributed by atoms with van der Waals surface area (Å²) in [6.07, 6.45) is 1.41. The Morgan fingerprint density at radius 1 is 1.35 bits per heavy atom. The highest BCUT2D eigenvalue weighted by Gasteiger charge is 2.35. The summed E-state index contributed by atoms with van der Waals surface area (Å²) in [5.74, 6) is 1.04.